The summed E-state index contributed by atoms with van der Waals surface area (Å²) in [5.41, 5.74) is 13.4. The van der Waals surface area contributed by atoms with E-state index >= 15 is 0 Å². The van der Waals surface area contributed by atoms with Crippen molar-refractivity contribution in [3.8, 4) is 0 Å². The highest BCUT2D eigenvalue weighted by molar-refractivity contribution is 8.77. The van der Waals surface area contributed by atoms with E-state index in [-0.39, 0.29) is 16.8 Å². The summed E-state index contributed by atoms with van der Waals surface area (Å²) in [6, 6.07) is 8.31. The summed E-state index contributed by atoms with van der Waals surface area (Å²) in [5.74, 6) is 0.488. The summed E-state index contributed by atoms with van der Waals surface area (Å²) >= 11 is 0. The molecule has 200 valence electrons. The fourth-order valence-electron chi connectivity index (χ4n) is 2.78. The second kappa shape index (κ2) is 14.9. The van der Waals surface area contributed by atoms with Crippen molar-refractivity contribution >= 4 is 53.1 Å². The molecular formula is C23H37N6O4PS2. The maximum absolute atomic E-state index is 9.80. The predicted octanol–water partition coefficient (Wildman–Crippen LogP) is 4.97. The molecule has 0 bridgehead atoms. The second-order valence-electron chi connectivity index (χ2n) is 8.76. The third kappa shape index (κ3) is 10.4. The van der Waals surface area contributed by atoms with E-state index in [0.29, 0.717) is 30.2 Å². The Kier molecular flexibility index (Phi) is 12.7. The van der Waals surface area contributed by atoms with Crippen LogP contribution in [-0.2, 0) is 27.3 Å². The van der Waals surface area contributed by atoms with Gasteiger partial charge in [-0.05, 0) is 24.5 Å². The zero-order chi connectivity index (χ0) is 26.7. The first-order valence-electron chi connectivity index (χ1n) is 11.4. The number of nitrogens with zero attached hydrogens (tertiary/aromatic N) is 4. The topological polar surface area (TPSA) is 144 Å². The number of aromatic nitrogens is 4. The van der Waals surface area contributed by atoms with Gasteiger partial charge in [0.2, 0.25) is 5.95 Å². The summed E-state index contributed by atoms with van der Waals surface area (Å²) in [6.45, 7) is 9.42. The van der Waals surface area contributed by atoms with Gasteiger partial charge in [-0.15, -0.1) is 0 Å². The van der Waals surface area contributed by atoms with Crippen LogP contribution in [0.4, 0.5) is 11.8 Å². The first-order chi connectivity index (χ1) is 17.0. The van der Waals surface area contributed by atoms with Crippen molar-refractivity contribution in [2.24, 2.45) is 7.05 Å². The van der Waals surface area contributed by atoms with Crippen LogP contribution >= 0.6 is 30.2 Å². The molecule has 2 heterocycles. The minimum Gasteiger partial charge on any atom is -0.382 e. The SMILES string of the molecule is CCC(COP(O)OCCc1ccccc1SSC(C)(C)C)OC.Cn1cnc2c(N)nc(N)nc21. The molecule has 0 aliphatic heterocycles. The lowest BCUT2D eigenvalue weighted by Crippen LogP contribution is -2.15. The lowest BCUT2D eigenvalue weighted by atomic mass is 10.2. The first kappa shape index (κ1) is 30.6. The summed E-state index contributed by atoms with van der Waals surface area (Å²) in [4.78, 5) is 22.8. The van der Waals surface area contributed by atoms with Crippen molar-refractivity contribution in [2.45, 2.75) is 56.3 Å². The number of benzene rings is 1. The van der Waals surface area contributed by atoms with E-state index in [1.54, 1.807) is 28.8 Å². The number of imidazole rings is 1. The third-order valence-electron chi connectivity index (χ3n) is 4.69. The molecule has 10 nitrogen and oxygen atoms in total. The lowest BCUT2D eigenvalue weighted by molar-refractivity contribution is 0.0474. The van der Waals surface area contributed by atoms with Gasteiger partial charge in [0.05, 0.1) is 25.6 Å². The smallest absolute Gasteiger partial charge is 0.329 e. The Morgan fingerprint density at radius 3 is 2.56 bits per heavy atom. The standard InChI is InChI=1S/C17H29O4PS2.C6H8N6/c1-6-15(19-5)13-21-22(18)20-12-11-14-9-7-8-10-16(14)23-24-17(2,3)4;1-12-2-9-3-4(7)10-6(8)11-5(3)12/h7-10,15,18H,6,11-13H2,1-5H3;2H,1H3,(H4,7,8,10,11). The Morgan fingerprint density at radius 2 is 1.89 bits per heavy atom. The molecule has 0 radical (unpaired) electrons. The normalized spacial score (nSPS) is 13.3. The van der Waals surface area contributed by atoms with Crippen LogP contribution in [0.15, 0.2) is 35.5 Å². The summed E-state index contributed by atoms with van der Waals surface area (Å²) in [5, 5.41) is 0. The third-order valence-corrected chi connectivity index (χ3v) is 8.91. The number of nitrogen functional groups attached to an aromatic ring is 2. The number of hydrogen-bond donors (Lipinski definition) is 3. The predicted molar refractivity (Wildman–Crippen MR) is 151 cm³/mol. The van der Waals surface area contributed by atoms with Crippen LogP contribution in [0.2, 0.25) is 0 Å². The number of nitrogens with two attached hydrogens (primary N) is 2. The molecule has 2 atom stereocenters. The highest BCUT2D eigenvalue weighted by Gasteiger charge is 2.15. The van der Waals surface area contributed by atoms with Gasteiger partial charge in [-0.2, -0.15) is 9.97 Å². The lowest BCUT2D eigenvalue weighted by Gasteiger charge is -2.18. The molecule has 0 aliphatic carbocycles. The Labute approximate surface area is 222 Å². The molecule has 2 aromatic heterocycles. The molecule has 0 saturated carbocycles. The number of hydrogen-bond acceptors (Lipinski definition) is 11. The molecular weight excluding hydrogens is 519 g/mol. The van der Waals surface area contributed by atoms with E-state index in [9.17, 15) is 4.89 Å². The molecule has 3 rings (SSSR count). The van der Waals surface area contributed by atoms with Crippen LogP contribution in [-0.4, -0.2) is 55.6 Å². The fraction of sp³-hybridized carbons (Fsp3) is 0.522. The van der Waals surface area contributed by atoms with Crippen molar-refractivity contribution in [2.75, 3.05) is 31.8 Å². The van der Waals surface area contributed by atoms with E-state index in [4.69, 9.17) is 25.3 Å². The fourth-order valence-corrected chi connectivity index (χ4v) is 5.65. The van der Waals surface area contributed by atoms with Gasteiger partial charge in [-0.1, -0.05) is 67.5 Å². The minimum atomic E-state index is -1.85. The monoisotopic (exact) mass is 556 g/mol. The van der Waals surface area contributed by atoms with Gasteiger partial charge in [0.25, 0.3) is 0 Å². The molecule has 0 spiro atoms. The maximum Gasteiger partial charge on any atom is 0.329 e. The molecule has 0 fully saturated rings. The van der Waals surface area contributed by atoms with E-state index in [1.165, 1.54) is 10.5 Å². The molecule has 36 heavy (non-hydrogen) atoms. The first-order valence-corrected chi connectivity index (χ1v) is 14.7. The van der Waals surface area contributed by atoms with Crippen molar-refractivity contribution in [1.29, 1.82) is 0 Å². The van der Waals surface area contributed by atoms with E-state index < -0.39 is 8.60 Å². The van der Waals surface area contributed by atoms with Crippen molar-refractivity contribution in [1.82, 2.24) is 19.5 Å². The number of aryl methyl sites for hydroxylation is 1. The average Bonchev–Trinajstić information content (AvgIpc) is 3.20. The molecule has 0 amide bonds. The zero-order valence-electron chi connectivity index (χ0n) is 21.7. The van der Waals surface area contributed by atoms with Crippen molar-refractivity contribution in [3.05, 3.63) is 36.2 Å². The molecule has 13 heteroatoms. The van der Waals surface area contributed by atoms with Crippen LogP contribution in [0.5, 0.6) is 0 Å². The van der Waals surface area contributed by atoms with Gasteiger partial charge >= 0.3 is 8.60 Å². The maximum atomic E-state index is 9.80. The number of anilines is 2. The molecule has 0 aliphatic rings. The van der Waals surface area contributed by atoms with Gasteiger partial charge < -0.3 is 34.7 Å². The van der Waals surface area contributed by atoms with Crippen molar-refractivity contribution in [3.63, 3.8) is 0 Å². The van der Waals surface area contributed by atoms with Crippen LogP contribution in [0, 0.1) is 0 Å². The second-order valence-corrected chi connectivity index (χ2v) is 12.8. The minimum absolute atomic E-state index is 0.00250. The summed E-state index contributed by atoms with van der Waals surface area (Å²) < 4.78 is 17.9. The van der Waals surface area contributed by atoms with Gasteiger partial charge in [-0.25, -0.2) is 4.98 Å². The van der Waals surface area contributed by atoms with E-state index in [0.717, 1.165) is 12.8 Å². The van der Waals surface area contributed by atoms with Crippen LogP contribution in [0.3, 0.4) is 0 Å². The highest BCUT2D eigenvalue weighted by atomic mass is 33.1. The largest absolute Gasteiger partial charge is 0.382 e. The van der Waals surface area contributed by atoms with Gasteiger partial charge in [-0.3, -0.25) is 0 Å². The summed E-state index contributed by atoms with van der Waals surface area (Å²) in [7, 11) is 5.25. The Hall–Kier alpha value is -1.66. The van der Waals surface area contributed by atoms with Gasteiger partial charge in [0.15, 0.2) is 11.5 Å². The number of fused-ring (bicyclic) bond motifs is 1. The molecule has 5 N–H and O–H groups in total. The van der Waals surface area contributed by atoms with Gasteiger partial charge in [0, 0.05) is 23.8 Å². The number of rotatable bonds is 11. The van der Waals surface area contributed by atoms with Crippen LogP contribution in [0.25, 0.3) is 11.2 Å². The zero-order valence-corrected chi connectivity index (χ0v) is 24.2. The van der Waals surface area contributed by atoms with E-state index in [2.05, 4.69) is 47.9 Å². The molecule has 0 saturated heterocycles. The van der Waals surface area contributed by atoms with E-state index in [1.807, 2.05) is 36.9 Å². The van der Waals surface area contributed by atoms with Crippen LogP contribution < -0.4 is 11.5 Å². The summed E-state index contributed by atoms with van der Waals surface area (Å²) in [6.07, 6.45) is 3.21. The molecule has 2 unspecified atom stereocenters. The highest BCUT2D eigenvalue weighted by Crippen LogP contribution is 2.42. The molecule has 3 aromatic rings. The Bertz CT molecular complexity index is 1080. The molecule has 1 aromatic carbocycles. The Morgan fingerprint density at radius 1 is 1.17 bits per heavy atom. The van der Waals surface area contributed by atoms with Crippen molar-refractivity contribution < 1.29 is 18.7 Å². The average molecular weight is 557 g/mol. The quantitative estimate of drug-likeness (QED) is 0.217. The van der Waals surface area contributed by atoms with Gasteiger partial charge in [0.1, 0.15) is 5.52 Å². The number of methoxy groups -OCH3 is 1. The Balaban J connectivity index is 0.000000313. The number of ether oxygens (including phenoxy) is 1. The van der Waals surface area contributed by atoms with Crippen LogP contribution in [0.1, 0.15) is 39.7 Å².